The molecule has 1 aliphatic rings. The van der Waals surface area contributed by atoms with Gasteiger partial charge in [-0.3, -0.25) is 4.79 Å². The Morgan fingerprint density at radius 2 is 1.80 bits per heavy atom. The van der Waals surface area contributed by atoms with Crippen molar-refractivity contribution in [1.82, 2.24) is 0 Å². The number of benzene rings is 2. The van der Waals surface area contributed by atoms with E-state index in [9.17, 15) is 9.18 Å². The largest absolute Gasteiger partial charge is 0.303 e. The Morgan fingerprint density at radius 3 is 2.50 bits per heavy atom. The van der Waals surface area contributed by atoms with Crippen LogP contribution in [0.3, 0.4) is 0 Å². The lowest BCUT2D eigenvalue weighted by molar-refractivity contribution is -0.107. The smallest absolute Gasteiger partial charge is 0.214 e. The van der Waals surface area contributed by atoms with Crippen LogP contribution >= 0.6 is 11.6 Å². The maximum absolute atomic E-state index is 13.0. The van der Waals surface area contributed by atoms with Gasteiger partial charge in [0, 0.05) is 10.6 Å². The van der Waals surface area contributed by atoms with Gasteiger partial charge in [0.1, 0.15) is 5.82 Å². The fourth-order valence-corrected chi connectivity index (χ4v) is 2.68. The Kier molecular flexibility index (Phi) is 3.28. The first kappa shape index (κ1) is 12.9. The van der Waals surface area contributed by atoms with Crippen LogP contribution in [0.25, 0.3) is 5.03 Å². The molecule has 0 spiro atoms. The van der Waals surface area contributed by atoms with Crippen LogP contribution in [0.15, 0.2) is 54.6 Å². The van der Waals surface area contributed by atoms with Gasteiger partial charge < -0.3 is 4.90 Å². The van der Waals surface area contributed by atoms with Gasteiger partial charge in [-0.2, -0.15) is 0 Å². The number of para-hydroxylation sites is 1. The van der Waals surface area contributed by atoms with Gasteiger partial charge in [-0.15, -0.1) is 0 Å². The number of hydrogen-bond donors (Lipinski definition) is 0. The van der Waals surface area contributed by atoms with E-state index in [0.717, 1.165) is 23.2 Å². The topological polar surface area (TPSA) is 20.3 Å². The van der Waals surface area contributed by atoms with E-state index in [1.54, 1.807) is 23.1 Å². The van der Waals surface area contributed by atoms with Crippen molar-refractivity contribution >= 4 is 28.7 Å². The summed E-state index contributed by atoms with van der Waals surface area (Å²) < 4.78 is 13.0. The van der Waals surface area contributed by atoms with Gasteiger partial charge in [0.25, 0.3) is 0 Å². The van der Waals surface area contributed by atoms with Crippen LogP contribution in [0.4, 0.5) is 10.1 Å². The summed E-state index contributed by atoms with van der Waals surface area (Å²) in [5, 5.41) is 0.591. The molecule has 2 aromatic rings. The highest BCUT2D eigenvalue weighted by atomic mass is 35.5. The number of anilines is 1. The van der Waals surface area contributed by atoms with Crippen LogP contribution in [-0.4, -0.2) is 6.41 Å². The predicted octanol–water partition coefficient (Wildman–Crippen LogP) is 4.12. The minimum atomic E-state index is -0.324. The summed E-state index contributed by atoms with van der Waals surface area (Å²) in [6.45, 7) is 0. The molecule has 0 N–H and O–H groups in total. The molecular weight excluding hydrogens is 277 g/mol. The molecule has 1 heterocycles. The second-order valence-electron chi connectivity index (χ2n) is 4.54. The lowest BCUT2D eigenvalue weighted by Gasteiger charge is -2.32. The third-order valence-electron chi connectivity index (χ3n) is 3.37. The second-order valence-corrected chi connectivity index (χ2v) is 4.95. The maximum atomic E-state index is 13.0. The quantitative estimate of drug-likeness (QED) is 0.761. The molecule has 0 saturated heterocycles. The highest BCUT2D eigenvalue weighted by Gasteiger charge is 2.26. The van der Waals surface area contributed by atoms with E-state index < -0.39 is 0 Å². The van der Waals surface area contributed by atoms with Crippen molar-refractivity contribution in [1.29, 1.82) is 0 Å². The summed E-state index contributed by atoms with van der Waals surface area (Å²) in [4.78, 5) is 13.1. The maximum Gasteiger partial charge on any atom is 0.214 e. The number of hydrogen-bond acceptors (Lipinski definition) is 1. The third-order valence-corrected chi connectivity index (χ3v) is 3.70. The van der Waals surface area contributed by atoms with E-state index in [-0.39, 0.29) is 11.9 Å². The zero-order valence-corrected chi connectivity index (χ0v) is 11.2. The summed E-state index contributed by atoms with van der Waals surface area (Å²) in [7, 11) is 0. The van der Waals surface area contributed by atoms with Gasteiger partial charge in [-0.1, -0.05) is 41.9 Å². The van der Waals surface area contributed by atoms with Gasteiger partial charge in [0.05, 0.1) is 11.7 Å². The Morgan fingerprint density at radius 1 is 1.10 bits per heavy atom. The van der Waals surface area contributed by atoms with Crippen LogP contribution in [-0.2, 0) is 4.79 Å². The number of rotatable bonds is 2. The lowest BCUT2D eigenvalue weighted by atomic mass is 9.98. The first-order valence-electron chi connectivity index (χ1n) is 6.16. The van der Waals surface area contributed by atoms with Crippen molar-refractivity contribution in [3.63, 3.8) is 0 Å². The minimum absolute atomic E-state index is 0.308. The average Bonchev–Trinajstić information content (AvgIpc) is 2.48. The van der Waals surface area contributed by atoms with Crippen molar-refractivity contribution in [3.8, 4) is 0 Å². The van der Waals surface area contributed by atoms with Gasteiger partial charge >= 0.3 is 0 Å². The Hall–Kier alpha value is -2.13. The summed E-state index contributed by atoms with van der Waals surface area (Å²) in [5.41, 5.74) is 2.38. The molecule has 1 atom stereocenters. The van der Waals surface area contributed by atoms with E-state index in [2.05, 4.69) is 0 Å². The van der Waals surface area contributed by atoms with Gasteiger partial charge in [-0.05, 0) is 29.8 Å². The molecule has 2 nitrogen and oxygen atoms in total. The molecule has 20 heavy (non-hydrogen) atoms. The van der Waals surface area contributed by atoms with E-state index >= 15 is 0 Å². The molecule has 2 aromatic carbocycles. The van der Waals surface area contributed by atoms with E-state index in [1.165, 1.54) is 12.1 Å². The molecule has 0 aromatic heterocycles. The average molecular weight is 288 g/mol. The van der Waals surface area contributed by atoms with Gasteiger partial charge in [-0.25, -0.2) is 4.39 Å². The molecule has 0 saturated carbocycles. The third kappa shape index (κ3) is 2.10. The van der Waals surface area contributed by atoms with Crippen LogP contribution in [0.5, 0.6) is 0 Å². The van der Waals surface area contributed by atoms with Crippen molar-refractivity contribution in [2.45, 2.75) is 6.04 Å². The lowest BCUT2D eigenvalue weighted by Crippen LogP contribution is -2.29. The van der Waals surface area contributed by atoms with Crippen LogP contribution in [0.1, 0.15) is 17.2 Å². The van der Waals surface area contributed by atoms with Crippen LogP contribution in [0, 0.1) is 5.82 Å². The number of nitrogens with zero attached hydrogens (tertiary/aromatic N) is 1. The van der Waals surface area contributed by atoms with Crippen molar-refractivity contribution in [2.75, 3.05) is 4.90 Å². The van der Waals surface area contributed by atoms with Gasteiger partial charge in [0.2, 0.25) is 6.41 Å². The van der Waals surface area contributed by atoms with Crippen molar-refractivity contribution in [3.05, 3.63) is 71.6 Å². The van der Waals surface area contributed by atoms with Gasteiger partial charge in [0.15, 0.2) is 0 Å². The summed E-state index contributed by atoms with van der Waals surface area (Å²) in [5.74, 6) is -0.308. The molecule has 0 radical (unpaired) electrons. The van der Waals surface area contributed by atoms with Crippen molar-refractivity contribution < 1.29 is 9.18 Å². The summed E-state index contributed by atoms with van der Waals surface area (Å²) in [6.07, 6.45) is 2.57. The fourth-order valence-electron chi connectivity index (χ4n) is 2.40. The summed E-state index contributed by atoms with van der Waals surface area (Å²) >= 11 is 6.29. The monoisotopic (exact) mass is 287 g/mol. The molecule has 1 amide bonds. The predicted molar refractivity (Wildman–Crippen MR) is 78.0 cm³/mol. The molecular formula is C16H11ClFNO. The zero-order valence-electron chi connectivity index (χ0n) is 10.5. The molecule has 0 fully saturated rings. The first-order valence-corrected chi connectivity index (χ1v) is 6.54. The highest BCUT2D eigenvalue weighted by molar-refractivity contribution is 6.49. The summed E-state index contributed by atoms with van der Waals surface area (Å²) in [6, 6.07) is 13.2. The molecule has 3 rings (SSSR count). The van der Waals surface area contributed by atoms with Crippen LogP contribution in [0.2, 0.25) is 0 Å². The van der Waals surface area contributed by atoms with Crippen LogP contribution < -0.4 is 4.90 Å². The minimum Gasteiger partial charge on any atom is -0.303 e. The molecule has 0 aliphatic carbocycles. The molecule has 100 valence electrons. The number of fused-ring (bicyclic) bond motifs is 1. The number of carbonyl (C=O) groups is 1. The standard InChI is InChI=1S/C16H11ClFNO/c17-14-9-16(11-5-7-12(18)8-6-11)19(10-20)15-4-2-1-3-13(14)15/h1-10,16H. The van der Waals surface area contributed by atoms with E-state index in [1.807, 2.05) is 24.3 Å². The highest BCUT2D eigenvalue weighted by Crippen LogP contribution is 2.40. The zero-order chi connectivity index (χ0) is 14.1. The fraction of sp³-hybridized carbons (Fsp3) is 0.0625. The molecule has 1 aliphatic heterocycles. The first-order chi connectivity index (χ1) is 9.70. The van der Waals surface area contributed by atoms with E-state index in [4.69, 9.17) is 11.6 Å². The molecule has 1 unspecified atom stereocenters. The molecule has 4 heteroatoms. The second kappa shape index (κ2) is 5.10. The number of carbonyl (C=O) groups excluding carboxylic acids is 1. The van der Waals surface area contributed by atoms with E-state index in [0.29, 0.717) is 5.03 Å². The number of halogens is 2. The Labute approximate surface area is 121 Å². The number of amides is 1. The normalized spacial score (nSPS) is 17.4. The Bertz CT molecular complexity index is 681. The Balaban J connectivity index is 2.11. The van der Waals surface area contributed by atoms with Crippen molar-refractivity contribution in [2.24, 2.45) is 0 Å². The molecule has 0 bridgehead atoms. The SMILES string of the molecule is O=CN1c2ccccc2C(Cl)=CC1c1ccc(F)cc1.